The van der Waals surface area contributed by atoms with Crippen LogP contribution in [0.1, 0.15) is 34.6 Å². The van der Waals surface area contributed by atoms with Gasteiger partial charge in [-0.15, -0.1) is 0 Å². The van der Waals surface area contributed by atoms with Gasteiger partial charge in [-0.25, -0.2) is 4.79 Å². The zero-order chi connectivity index (χ0) is 35.0. The van der Waals surface area contributed by atoms with E-state index in [1.807, 2.05) is 136 Å². The molecule has 2 rings (SSSR count). The number of hydrogen-bond donors (Lipinski definition) is 10. The lowest BCUT2D eigenvalue weighted by molar-refractivity contribution is -0.115. The molecular formula is C25H26I6N6O9. The molecule has 0 aliphatic rings. The molecule has 0 aliphatic carbocycles. The van der Waals surface area contributed by atoms with E-state index in [-0.39, 0.29) is 47.0 Å². The van der Waals surface area contributed by atoms with Crippen LogP contribution in [0, 0.1) is 21.4 Å². The van der Waals surface area contributed by atoms with Crippen LogP contribution in [-0.2, 0) is 9.59 Å². The van der Waals surface area contributed by atoms with Crippen molar-refractivity contribution < 1.29 is 44.4 Å². The monoisotopic (exact) mass is 1320 g/mol. The van der Waals surface area contributed by atoms with E-state index in [2.05, 4.69) is 31.9 Å². The molecular weight excluding hydrogens is 1290 g/mol. The number of halogens is 6. The molecule has 2 aromatic rings. The Morgan fingerprint density at radius 2 is 0.826 bits per heavy atom. The van der Waals surface area contributed by atoms with Crippen LogP contribution in [0.2, 0.25) is 0 Å². The van der Waals surface area contributed by atoms with Crippen LogP contribution >= 0.6 is 136 Å². The van der Waals surface area contributed by atoms with Crippen LogP contribution in [0.3, 0.4) is 0 Å². The second-order valence-electron chi connectivity index (χ2n) is 9.17. The molecule has 2 atom stereocenters. The number of carbonyl (C=O) groups is 5. The van der Waals surface area contributed by atoms with Gasteiger partial charge in [0.25, 0.3) is 11.8 Å². The first kappa shape index (κ1) is 42.0. The number of carbonyl (C=O) groups excluding carboxylic acids is 5. The number of urea groups is 1. The molecule has 0 radical (unpaired) electrons. The van der Waals surface area contributed by atoms with Gasteiger partial charge >= 0.3 is 6.03 Å². The highest BCUT2D eigenvalue weighted by molar-refractivity contribution is 14.1. The average Bonchev–Trinajstić information content (AvgIpc) is 2.99. The molecule has 0 aromatic heterocycles. The summed E-state index contributed by atoms with van der Waals surface area (Å²) in [6.07, 6.45) is -2.40. The zero-order valence-corrected chi connectivity index (χ0v) is 36.5. The van der Waals surface area contributed by atoms with E-state index in [0.717, 1.165) is 0 Å². The van der Waals surface area contributed by atoms with Crippen molar-refractivity contribution in [3.8, 4) is 0 Å². The second kappa shape index (κ2) is 19.3. The normalized spacial score (nSPS) is 12.1. The Kier molecular flexibility index (Phi) is 17.6. The van der Waals surface area contributed by atoms with E-state index in [4.69, 9.17) is 10.2 Å². The molecule has 0 bridgehead atoms. The number of nitrogens with one attached hydrogen (secondary N) is 6. The van der Waals surface area contributed by atoms with E-state index in [1.54, 1.807) is 0 Å². The Morgan fingerprint density at radius 3 is 1.09 bits per heavy atom. The molecule has 2 aromatic carbocycles. The topological polar surface area (TPSA) is 238 Å². The summed E-state index contributed by atoms with van der Waals surface area (Å²) in [5.74, 6) is -2.12. The quantitative estimate of drug-likeness (QED) is 0.141. The van der Waals surface area contributed by atoms with Gasteiger partial charge in [0.05, 0.1) is 80.7 Å². The third kappa shape index (κ3) is 10.9. The van der Waals surface area contributed by atoms with Crippen molar-refractivity contribution in [2.75, 3.05) is 47.6 Å². The van der Waals surface area contributed by atoms with Gasteiger partial charge in [-0.05, 0) is 136 Å². The third-order valence-electron chi connectivity index (χ3n) is 5.59. The van der Waals surface area contributed by atoms with Crippen molar-refractivity contribution in [2.24, 2.45) is 0 Å². The van der Waals surface area contributed by atoms with Crippen LogP contribution < -0.4 is 31.9 Å². The first-order chi connectivity index (χ1) is 21.5. The molecule has 2 unspecified atom stereocenters. The predicted octanol–water partition coefficient (Wildman–Crippen LogP) is 3.04. The molecule has 21 heteroatoms. The molecule has 0 heterocycles. The summed E-state index contributed by atoms with van der Waals surface area (Å²) in [4.78, 5) is 64.0. The van der Waals surface area contributed by atoms with Gasteiger partial charge in [-0.3, -0.25) is 19.2 Å². The van der Waals surface area contributed by atoms with Gasteiger partial charge in [-0.2, -0.15) is 0 Å². The standard InChI is InChI=1S/C25H26I6N6O9/c1-7(40)34-19-13(26)11(23(44)32-3-9(42)5-38)15(28)21(17(19)30)36-25(46)37-22-16(29)12(24(45)33-4-10(43)6-39)14(27)20(18(22)31)35-8(2)41/h9-10,38-39,42-43H,3-6H2,1-2H3,(H,32,44)(H,33,45)(H,34,40)(H,35,41)(H2,36,37,46). The van der Waals surface area contributed by atoms with Crippen molar-refractivity contribution in [3.63, 3.8) is 0 Å². The molecule has 0 fully saturated rings. The van der Waals surface area contributed by atoms with Crippen LogP contribution in [0.25, 0.3) is 0 Å². The summed E-state index contributed by atoms with van der Waals surface area (Å²) >= 11 is 11.4. The van der Waals surface area contributed by atoms with Crippen molar-refractivity contribution >= 4 is 188 Å². The minimum atomic E-state index is -1.20. The Morgan fingerprint density at radius 1 is 0.543 bits per heavy atom. The zero-order valence-electron chi connectivity index (χ0n) is 23.6. The highest BCUT2D eigenvalue weighted by Gasteiger charge is 2.29. The first-order valence-electron chi connectivity index (χ1n) is 12.6. The fourth-order valence-electron chi connectivity index (χ4n) is 3.50. The number of aliphatic hydroxyl groups is 4. The minimum Gasteiger partial charge on any atom is -0.394 e. The SMILES string of the molecule is CC(=O)Nc1c(I)c(NC(=O)Nc2c(I)c(NC(C)=O)c(I)c(C(=O)NCC(O)CO)c2I)c(I)c(C(=O)NCC(O)CO)c1I. The molecule has 6 amide bonds. The molecule has 46 heavy (non-hydrogen) atoms. The molecule has 0 aliphatic heterocycles. The maximum atomic E-state index is 13.6. The summed E-state index contributed by atoms with van der Waals surface area (Å²) in [7, 11) is 0. The lowest BCUT2D eigenvalue weighted by Crippen LogP contribution is -2.35. The summed E-state index contributed by atoms with van der Waals surface area (Å²) in [5.41, 5.74) is 1.05. The molecule has 0 spiro atoms. The molecule has 10 N–H and O–H groups in total. The van der Waals surface area contributed by atoms with E-state index >= 15 is 0 Å². The molecule has 0 saturated heterocycles. The Labute approximate surface area is 344 Å². The summed E-state index contributed by atoms with van der Waals surface area (Å²) in [6, 6.07) is -0.791. The number of benzene rings is 2. The molecule has 0 saturated carbocycles. The smallest absolute Gasteiger partial charge is 0.323 e. The van der Waals surface area contributed by atoms with E-state index in [9.17, 15) is 34.2 Å². The van der Waals surface area contributed by atoms with Gasteiger partial charge in [-0.1, -0.05) is 0 Å². The number of aliphatic hydroxyl groups excluding tert-OH is 4. The third-order valence-corrected chi connectivity index (χ3v) is 12.1. The first-order valence-corrected chi connectivity index (χ1v) is 19.1. The lowest BCUT2D eigenvalue weighted by Gasteiger charge is -2.22. The fourth-order valence-corrected chi connectivity index (χ4v) is 11.9. The van der Waals surface area contributed by atoms with Crippen LogP contribution in [0.4, 0.5) is 27.5 Å². The van der Waals surface area contributed by atoms with Crippen LogP contribution in [0.5, 0.6) is 0 Å². The summed E-state index contributed by atoms with van der Waals surface area (Å²) in [5, 5.41) is 53.5. The van der Waals surface area contributed by atoms with E-state index in [0.29, 0.717) is 21.4 Å². The lowest BCUT2D eigenvalue weighted by atomic mass is 10.1. The number of amides is 6. The van der Waals surface area contributed by atoms with Crippen molar-refractivity contribution in [3.05, 3.63) is 32.5 Å². The number of hydrogen-bond acceptors (Lipinski definition) is 9. The summed E-state index contributed by atoms with van der Waals surface area (Å²) < 4.78 is 2.15. The van der Waals surface area contributed by atoms with Crippen molar-refractivity contribution in [2.45, 2.75) is 26.1 Å². The number of anilines is 4. The molecule has 252 valence electrons. The number of rotatable bonds is 12. The minimum absolute atomic E-state index is 0.0983. The van der Waals surface area contributed by atoms with E-state index < -0.39 is 55.1 Å². The highest BCUT2D eigenvalue weighted by Crippen LogP contribution is 2.41. The van der Waals surface area contributed by atoms with Crippen LogP contribution in [0.15, 0.2) is 0 Å². The Bertz CT molecular complexity index is 1450. The van der Waals surface area contributed by atoms with Gasteiger partial charge in [0.1, 0.15) is 0 Å². The Balaban J connectivity index is 2.64. The largest absolute Gasteiger partial charge is 0.394 e. The van der Waals surface area contributed by atoms with Crippen LogP contribution in [-0.4, -0.2) is 88.6 Å². The summed E-state index contributed by atoms with van der Waals surface area (Å²) in [6.45, 7) is 0.931. The Hall–Kier alpha value is -0.190. The van der Waals surface area contributed by atoms with Gasteiger partial charge in [0, 0.05) is 26.9 Å². The van der Waals surface area contributed by atoms with Gasteiger partial charge in [0.15, 0.2) is 0 Å². The fraction of sp³-hybridized carbons (Fsp3) is 0.320. The van der Waals surface area contributed by atoms with Crippen molar-refractivity contribution in [1.82, 2.24) is 10.6 Å². The van der Waals surface area contributed by atoms with Gasteiger partial charge < -0.3 is 52.3 Å². The second-order valence-corrected chi connectivity index (χ2v) is 15.6. The predicted molar refractivity (Wildman–Crippen MR) is 221 cm³/mol. The average molecular weight is 1320 g/mol. The highest BCUT2D eigenvalue weighted by atomic mass is 127. The van der Waals surface area contributed by atoms with Crippen molar-refractivity contribution in [1.29, 1.82) is 0 Å². The van der Waals surface area contributed by atoms with Gasteiger partial charge in [0.2, 0.25) is 11.8 Å². The maximum Gasteiger partial charge on any atom is 0.323 e. The molecule has 15 nitrogen and oxygen atoms in total. The van der Waals surface area contributed by atoms with E-state index in [1.165, 1.54) is 13.8 Å². The maximum absolute atomic E-state index is 13.6.